The Morgan fingerprint density at radius 3 is 1.62 bits per heavy atom. The molecule has 0 bridgehead atoms. The van der Waals surface area contributed by atoms with E-state index in [2.05, 4.69) is 36.7 Å². The van der Waals surface area contributed by atoms with E-state index in [1.807, 2.05) is 66.3 Å². The Balaban J connectivity index is 0.000000248. The predicted octanol–water partition coefficient (Wildman–Crippen LogP) is 4.06. The van der Waals surface area contributed by atoms with Crippen molar-refractivity contribution < 1.29 is 4.74 Å². The number of hydrogen-bond donors (Lipinski definition) is 0. The van der Waals surface area contributed by atoms with Gasteiger partial charge in [0.1, 0.15) is 0 Å². The summed E-state index contributed by atoms with van der Waals surface area (Å²) < 4.78 is 5.16. The highest BCUT2D eigenvalue weighted by Crippen LogP contribution is 2.21. The quantitative estimate of drug-likeness (QED) is 0.767. The van der Waals surface area contributed by atoms with Gasteiger partial charge in [0.05, 0.1) is 6.10 Å². The molecule has 2 aromatic rings. The maximum absolute atomic E-state index is 5.16. The van der Waals surface area contributed by atoms with Crippen molar-refractivity contribution in [3.8, 4) is 0 Å². The van der Waals surface area contributed by atoms with Gasteiger partial charge in [0.2, 0.25) is 11.9 Å². The molecule has 7 nitrogen and oxygen atoms in total. The minimum atomic E-state index is 0.352. The molecule has 2 fully saturated rings. The molecule has 0 spiro atoms. The second-order valence-electron chi connectivity index (χ2n) is 6.71. The minimum absolute atomic E-state index is 0.352. The summed E-state index contributed by atoms with van der Waals surface area (Å²) in [4.78, 5) is 21.3. The van der Waals surface area contributed by atoms with Crippen LogP contribution in [0, 0.1) is 13.8 Å². The first-order valence-corrected chi connectivity index (χ1v) is 10.7. The molecule has 2 aliphatic heterocycles. The smallest absolute Gasteiger partial charge is 0.225 e. The fourth-order valence-electron chi connectivity index (χ4n) is 2.65. The van der Waals surface area contributed by atoms with E-state index in [-0.39, 0.29) is 0 Å². The zero-order chi connectivity index (χ0) is 21.8. The summed E-state index contributed by atoms with van der Waals surface area (Å²) in [6, 6.07) is 0.618. The highest BCUT2D eigenvalue weighted by atomic mass is 16.5. The Morgan fingerprint density at radius 1 is 0.828 bits per heavy atom. The number of rotatable bonds is 3. The van der Waals surface area contributed by atoms with Crippen LogP contribution in [0.1, 0.15) is 52.2 Å². The topological polar surface area (TPSA) is 67.3 Å². The van der Waals surface area contributed by atoms with Crippen LogP contribution in [0.2, 0.25) is 0 Å². The van der Waals surface area contributed by atoms with E-state index in [9.17, 15) is 0 Å². The van der Waals surface area contributed by atoms with E-state index in [1.54, 1.807) is 7.11 Å². The molecule has 0 aliphatic carbocycles. The van der Waals surface area contributed by atoms with Gasteiger partial charge in [0, 0.05) is 57.6 Å². The Morgan fingerprint density at radius 2 is 1.28 bits per heavy atom. The minimum Gasteiger partial charge on any atom is -0.378 e. The molecule has 0 radical (unpaired) electrons. The molecule has 1 atom stereocenters. The van der Waals surface area contributed by atoms with Gasteiger partial charge in [-0.2, -0.15) is 0 Å². The van der Waals surface area contributed by atoms with Crippen LogP contribution in [0.15, 0.2) is 24.8 Å². The molecule has 0 aromatic carbocycles. The second kappa shape index (κ2) is 13.0. The lowest BCUT2D eigenvalue weighted by Gasteiger charge is -2.38. The molecule has 0 amide bonds. The Bertz CT molecular complexity index is 671. The third kappa shape index (κ3) is 7.24. The van der Waals surface area contributed by atoms with Crippen LogP contribution in [0.5, 0.6) is 0 Å². The molecule has 0 N–H and O–H groups in total. The summed E-state index contributed by atoms with van der Waals surface area (Å²) in [6.07, 6.45) is 9.02. The lowest BCUT2D eigenvalue weighted by Crippen LogP contribution is -2.52. The van der Waals surface area contributed by atoms with Gasteiger partial charge in [0.25, 0.3) is 0 Å². The molecular formula is C22H38N6O. The van der Waals surface area contributed by atoms with E-state index in [4.69, 9.17) is 4.74 Å². The van der Waals surface area contributed by atoms with Crippen molar-refractivity contribution in [3.05, 3.63) is 35.9 Å². The van der Waals surface area contributed by atoms with Crippen molar-refractivity contribution in [2.75, 3.05) is 36.5 Å². The first-order valence-electron chi connectivity index (χ1n) is 10.7. The highest BCUT2D eigenvalue weighted by Gasteiger charge is 2.28. The first-order chi connectivity index (χ1) is 14.1. The largest absolute Gasteiger partial charge is 0.378 e. The van der Waals surface area contributed by atoms with E-state index >= 15 is 0 Å². The Hall–Kier alpha value is -2.28. The van der Waals surface area contributed by atoms with Crippen molar-refractivity contribution in [2.24, 2.45) is 0 Å². The molecule has 2 aliphatic rings. The summed E-state index contributed by atoms with van der Waals surface area (Å²) >= 11 is 0. The summed E-state index contributed by atoms with van der Waals surface area (Å²) in [5.74, 6) is 1.68. The molecule has 4 rings (SSSR count). The lowest BCUT2D eigenvalue weighted by molar-refractivity contribution is 0.0778. The van der Waals surface area contributed by atoms with Crippen molar-refractivity contribution >= 4 is 11.9 Å². The highest BCUT2D eigenvalue weighted by molar-refractivity contribution is 5.35. The van der Waals surface area contributed by atoms with E-state index in [1.165, 1.54) is 6.42 Å². The second-order valence-corrected chi connectivity index (χ2v) is 6.71. The number of hydrogen-bond acceptors (Lipinski definition) is 7. The standard InChI is InChI=1S/C9H13N3O.C9H13N3.2C2H6/c1-7-3-10-9(11-4-7)12-5-8(6-12)13-2;1-7-5-10-9(11-6-7)12-4-3-8(12)2;2*1-2/h3-4,8H,5-6H2,1-2H3;5-6,8H,3-4H2,1-2H3;2*1-2H3. The number of aryl methyl sites for hydroxylation is 2. The zero-order valence-corrected chi connectivity index (χ0v) is 19.4. The van der Waals surface area contributed by atoms with Crippen LogP contribution < -0.4 is 9.80 Å². The van der Waals surface area contributed by atoms with Crippen molar-refractivity contribution in [1.82, 2.24) is 19.9 Å². The summed E-state index contributed by atoms with van der Waals surface area (Å²) in [5, 5.41) is 0. The van der Waals surface area contributed by atoms with Crippen LogP contribution in [0.4, 0.5) is 11.9 Å². The van der Waals surface area contributed by atoms with Gasteiger partial charge in [0.15, 0.2) is 0 Å². The van der Waals surface area contributed by atoms with E-state index in [0.717, 1.165) is 42.7 Å². The molecule has 4 heterocycles. The third-order valence-corrected chi connectivity index (χ3v) is 4.58. The number of aromatic nitrogens is 4. The molecule has 2 saturated heterocycles. The van der Waals surface area contributed by atoms with E-state index in [0.29, 0.717) is 12.1 Å². The van der Waals surface area contributed by atoms with Gasteiger partial charge in [-0.15, -0.1) is 0 Å². The predicted molar refractivity (Wildman–Crippen MR) is 121 cm³/mol. The fraction of sp³-hybridized carbons (Fsp3) is 0.636. The third-order valence-electron chi connectivity index (χ3n) is 4.58. The van der Waals surface area contributed by atoms with Crippen LogP contribution in [0.3, 0.4) is 0 Å². The molecule has 162 valence electrons. The molecule has 1 unspecified atom stereocenters. The van der Waals surface area contributed by atoms with Crippen LogP contribution in [-0.2, 0) is 4.74 Å². The van der Waals surface area contributed by atoms with Gasteiger partial charge in [-0.1, -0.05) is 27.7 Å². The average molecular weight is 403 g/mol. The summed E-state index contributed by atoms with van der Waals surface area (Å²) in [6.45, 7) is 17.1. The Kier molecular flexibility index (Phi) is 11.1. The monoisotopic (exact) mass is 402 g/mol. The van der Waals surface area contributed by atoms with Crippen LogP contribution in [0.25, 0.3) is 0 Å². The SMILES string of the molecule is CC.CC.COC1CN(c2ncc(C)cn2)C1.Cc1cnc(N2CCC2C)nc1. The van der Waals surface area contributed by atoms with Crippen molar-refractivity contribution in [3.63, 3.8) is 0 Å². The number of anilines is 2. The number of nitrogens with zero attached hydrogens (tertiary/aromatic N) is 6. The van der Waals surface area contributed by atoms with E-state index < -0.39 is 0 Å². The zero-order valence-electron chi connectivity index (χ0n) is 19.4. The molecular weight excluding hydrogens is 364 g/mol. The van der Waals surface area contributed by atoms with Gasteiger partial charge in [-0.05, 0) is 38.3 Å². The Labute approximate surface area is 176 Å². The maximum atomic E-state index is 5.16. The first kappa shape index (κ1) is 24.8. The van der Waals surface area contributed by atoms with Gasteiger partial charge in [-0.3, -0.25) is 0 Å². The summed E-state index contributed by atoms with van der Waals surface area (Å²) in [7, 11) is 1.73. The number of ether oxygens (including phenoxy) is 1. The molecule has 7 heteroatoms. The number of methoxy groups -OCH3 is 1. The average Bonchev–Trinajstić information content (AvgIpc) is 2.73. The van der Waals surface area contributed by atoms with Crippen molar-refractivity contribution in [2.45, 2.75) is 67.0 Å². The molecule has 2 aromatic heterocycles. The van der Waals surface area contributed by atoms with Crippen LogP contribution in [-0.4, -0.2) is 58.8 Å². The normalized spacial score (nSPS) is 17.3. The summed E-state index contributed by atoms with van der Waals surface area (Å²) in [5.41, 5.74) is 2.21. The van der Waals surface area contributed by atoms with Gasteiger partial charge in [-0.25, -0.2) is 19.9 Å². The van der Waals surface area contributed by atoms with Crippen molar-refractivity contribution in [1.29, 1.82) is 0 Å². The maximum Gasteiger partial charge on any atom is 0.225 e. The lowest BCUT2D eigenvalue weighted by atomic mass is 10.1. The molecule has 29 heavy (non-hydrogen) atoms. The van der Waals surface area contributed by atoms with Crippen LogP contribution >= 0.6 is 0 Å². The van der Waals surface area contributed by atoms with Gasteiger partial charge < -0.3 is 14.5 Å². The molecule has 0 saturated carbocycles. The van der Waals surface area contributed by atoms with Gasteiger partial charge >= 0.3 is 0 Å². The fourth-order valence-corrected chi connectivity index (χ4v) is 2.65.